The Labute approximate surface area is 187 Å². The van der Waals surface area contributed by atoms with Crippen LogP contribution in [0.15, 0.2) is 30.6 Å². The van der Waals surface area contributed by atoms with Crippen LogP contribution in [0.1, 0.15) is 19.6 Å². The first-order valence-corrected chi connectivity index (χ1v) is 10.3. The maximum absolute atomic E-state index is 14.3. The summed E-state index contributed by atoms with van der Waals surface area (Å²) in [5, 5.41) is 2.73. The third kappa shape index (κ3) is 4.39. The molecular weight excluding hydrogens is 441 g/mol. The Morgan fingerprint density at radius 1 is 1.15 bits per heavy atom. The molecule has 0 bridgehead atoms. The molecule has 1 aliphatic rings. The topological polar surface area (TPSA) is 87.5 Å². The van der Waals surface area contributed by atoms with E-state index in [1.807, 2.05) is 0 Å². The molecule has 0 aliphatic carbocycles. The van der Waals surface area contributed by atoms with E-state index in [-0.39, 0.29) is 35.2 Å². The van der Waals surface area contributed by atoms with Crippen LogP contribution in [0.5, 0.6) is 17.4 Å². The molecule has 2 unspecified atom stereocenters. The van der Waals surface area contributed by atoms with Crippen molar-refractivity contribution in [3.05, 3.63) is 30.6 Å². The molecular formula is C22H23F3N4O4. The Balaban J connectivity index is 1.81. The van der Waals surface area contributed by atoms with E-state index < -0.39 is 18.8 Å². The summed E-state index contributed by atoms with van der Waals surface area (Å²) in [7, 11) is 3.01. The van der Waals surface area contributed by atoms with Crippen LogP contribution in [0.2, 0.25) is 0 Å². The average molecular weight is 464 g/mol. The molecule has 8 nitrogen and oxygen atoms in total. The van der Waals surface area contributed by atoms with Crippen molar-refractivity contribution in [2.45, 2.75) is 32.2 Å². The van der Waals surface area contributed by atoms with Crippen LogP contribution in [-0.4, -0.2) is 53.7 Å². The summed E-state index contributed by atoms with van der Waals surface area (Å²) in [5.74, 6) is 0.693. The van der Waals surface area contributed by atoms with Crippen molar-refractivity contribution in [1.29, 1.82) is 0 Å². The molecule has 11 heteroatoms. The minimum atomic E-state index is -3.25. The molecule has 2 aromatic heterocycles. The van der Waals surface area contributed by atoms with Gasteiger partial charge in [-0.05, 0) is 31.2 Å². The lowest BCUT2D eigenvalue weighted by atomic mass is 10.0. The van der Waals surface area contributed by atoms with Gasteiger partial charge in [0.2, 0.25) is 18.1 Å². The summed E-state index contributed by atoms with van der Waals surface area (Å²) in [6.07, 6.45) is -5.10. The van der Waals surface area contributed by atoms with Gasteiger partial charge in [-0.25, -0.2) is 23.1 Å². The first kappa shape index (κ1) is 22.7. The molecule has 1 aliphatic heterocycles. The molecule has 0 spiro atoms. The Morgan fingerprint density at radius 2 is 1.91 bits per heavy atom. The molecule has 1 amide bonds. The minimum Gasteiger partial charge on any atom is -0.493 e. The number of halogens is 3. The second-order valence-electron chi connectivity index (χ2n) is 7.70. The number of benzene rings is 1. The second kappa shape index (κ2) is 9.16. The molecule has 0 radical (unpaired) electrons. The lowest BCUT2D eigenvalue weighted by Gasteiger charge is -2.21. The second-order valence-corrected chi connectivity index (χ2v) is 7.70. The van der Waals surface area contributed by atoms with E-state index in [2.05, 4.69) is 15.3 Å². The molecule has 1 fully saturated rings. The number of nitrogens with one attached hydrogen (secondary N) is 1. The molecule has 33 heavy (non-hydrogen) atoms. The Hall–Kier alpha value is -3.50. The fourth-order valence-electron chi connectivity index (χ4n) is 3.79. The summed E-state index contributed by atoms with van der Waals surface area (Å²) in [5.41, 5.74) is 1.30. The number of alkyl halides is 3. The number of imidazole rings is 1. The molecule has 3 atom stereocenters. The van der Waals surface area contributed by atoms with Gasteiger partial charge >= 0.3 is 0 Å². The lowest BCUT2D eigenvalue weighted by molar-refractivity contribution is -0.119. The average Bonchev–Trinajstić information content (AvgIpc) is 3.44. The number of hydrogen-bond donors (Lipinski definition) is 1. The number of rotatable bonds is 8. The quantitative estimate of drug-likeness (QED) is 0.546. The zero-order valence-corrected chi connectivity index (χ0v) is 18.2. The monoisotopic (exact) mass is 464 g/mol. The first-order chi connectivity index (χ1) is 15.8. The van der Waals surface area contributed by atoms with Gasteiger partial charge in [-0.3, -0.25) is 9.36 Å². The molecule has 176 valence electrons. The molecule has 3 aromatic rings. The van der Waals surface area contributed by atoms with E-state index in [0.29, 0.717) is 33.9 Å². The highest BCUT2D eigenvalue weighted by Gasteiger charge is 2.31. The van der Waals surface area contributed by atoms with Gasteiger partial charge < -0.3 is 19.5 Å². The third-order valence-corrected chi connectivity index (χ3v) is 5.64. The van der Waals surface area contributed by atoms with Crippen LogP contribution >= 0.6 is 0 Å². The molecule has 1 N–H and O–H groups in total. The summed E-state index contributed by atoms with van der Waals surface area (Å²) in [6, 6.07) is 6.71. The van der Waals surface area contributed by atoms with Gasteiger partial charge in [0.05, 0.1) is 31.8 Å². The van der Waals surface area contributed by atoms with E-state index in [1.54, 1.807) is 31.2 Å². The number of aromatic nitrogens is 3. The molecule has 1 saturated heterocycles. The van der Waals surface area contributed by atoms with Crippen LogP contribution in [0, 0.1) is 5.92 Å². The van der Waals surface area contributed by atoms with E-state index in [0.717, 1.165) is 6.33 Å². The van der Waals surface area contributed by atoms with Gasteiger partial charge in [-0.2, -0.15) is 0 Å². The highest BCUT2D eigenvalue weighted by molar-refractivity contribution is 5.85. The summed E-state index contributed by atoms with van der Waals surface area (Å²) < 4.78 is 57.9. The zero-order valence-electron chi connectivity index (χ0n) is 18.2. The summed E-state index contributed by atoms with van der Waals surface area (Å²) >= 11 is 0. The Kier molecular flexibility index (Phi) is 6.30. The van der Waals surface area contributed by atoms with Crippen molar-refractivity contribution in [1.82, 2.24) is 19.9 Å². The largest absolute Gasteiger partial charge is 0.493 e. The predicted molar refractivity (Wildman–Crippen MR) is 113 cm³/mol. The smallest absolute Gasteiger partial charge is 0.288 e. The number of ether oxygens (including phenoxy) is 3. The van der Waals surface area contributed by atoms with Crippen molar-refractivity contribution >= 4 is 16.9 Å². The zero-order chi connectivity index (χ0) is 23.7. The van der Waals surface area contributed by atoms with Crippen molar-refractivity contribution in [3.8, 4) is 28.6 Å². The fourth-order valence-corrected chi connectivity index (χ4v) is 3.79. The minimum absolute atomic E-state index is 0.0103. The van der Waals surface area contributed by atoms with Gasteiger partial charge in [-0.15, -0.1) is 0 Å². The number of hydrogen-bond acceptors (Lipinski definition) is 6. The Bertz CT molecular complexity index is 1170. The van der Waals surface area contributed by atoms with Gasteiger partial charge in [0, 0.05) is 24.4 Å². The predicted octanol–water partition coefficient (Wildman–Crippen LogP) is 3.75. The molecule has 0 saturated carbocycles. The highest BCUT2D eigenvalue weighted by Crippen LogP contribution is 2.36. The standard InChI is InChI=1S/C22H23F3N4O4/c1-11(13-7-18(30)26-9-13)33-22-19-15(27-10-29(19)21(25)20(23)24)8-14(28-22)12-4-5-16(31-2)17(6-12)32-3/h4-6,8,10-11,13,20-21H,7,9H2,1-3H3,(H,26,30)/t11-,13?,21?/m1/s1. The summed E-state index contributed by atoms with van der Waals surface area (Å²) in [6.45, 7) is 2.17. The first-order valence-electron chi connectivity index (χ1n) is 10.3. The van der Waals surface area contributed by atoms with Crippen molar-refractivity contribution in [2.24, 2.45) is 5.92 Å². The maximum Gasteiger partial charge on any atom is 0.288 e. The molecule has 3 heterocycles. The normalized spacial score (nSPS) is 17.8. The summed E-state index contributed by atoms with van der Waals surface area (Å²) in [4.78, 5) is 20.2. The lowest BCUT2D eigenvalue weighted by Crippen LogP contribution is -2.26. The van der Waals surface area contributed by atoms with Crippen LogP contribution in [0.4, 0.5) is 13.2 Å². The number of methoxy groups -OCH3 is 2. The van der Waals surface area contributed by atoms with Gasteiger partial charge in [0.1, 0.15) is 11.6 Å². The van der Waals surface area contributed by atoms with Crippen molar-refractivity contribution in [3.63, 3.8) is 0 Å². The molecule has 4 rings (SSSR count). The highest BCUT2D eigenvalue weighted by atomic mass is 19.3. The van der Waals surface area contributed by atoms with Gasteiger partial charge in [0.15, 0.2) is 11.5 Å². The SMILES string of the molecule is COc1ccc(-c2cc3ncn(C(F)C(F)F)c3c(O[C@H](C)C3CNC(=O)C3)n2)cc1OC. The maximum atomic E-state index is 14.3. The van der Waals surface area contributed by atoms with Crippen molar-refractivity contribution in [2.75, 3.05) is 20.8 Å². The van der Waals surface area contributed by atoms with Gasteiger partial charge in [0.25, 0.3) is 6.43 Å². The van der Waals surface area contributed by atoms with E-state index in [4.69, 9.17) is 14.2 Å². The van der Waals surface area contributed by atoms with E-state index in [1.165, 1.54) is 14.2 Å². The number of pyridine rings is 1. The van der Waals surface area contributed by atoms with Crippen LogP contribution < -0.4 is 19.5 Å². The number of carbonyl (C=O) groups excluding carboxylic acids is 1. The van der Waals surface area contributed by atoms with E-state index in [9.17, 15) is 18.0 Å². The van der Waals surface area contributed by atoms with Crippen LogP contribution in [-0.2, 0) is 4.79 Å². The third-order valence-electron chi connectivity index (χ3n) is 5.64. The number of amides is 1. The van der Waals surface area contributed by atoms with Crippen molar-refractivity contribution < 1.29 is 32.2 Å². The fraction of sp³-hybridized carbons (Fsp3) is 0.409. The Morgan fingerprint density at radius 3 is 2.55 bits per heavy atom. The number of carbonyl (C=O) groups is 1. The molecule has 1 aromatic carbocycles. The number of nitrogens with zero attached hydrogens (tertiary/aromatic N) is 3. The van der Waals surface area contributed by atoms with Gasteiger partial charge in [-0.1, -0.05) is 0 Å². The number of fused-ring (bicyclic) bond motifs is 1. The van der Waals surface area contributed by atoms with Crippen LogP contribution in [0.3, 0.4) is 0 Å². The van der Waals surface area contributed by atoms with Crippen LogP contribution in [0.25, 0.3) is 22.3 Å². The van der Waals surface area contributed by atoms with E-state index >= 15 is 0 Å².